The number of hydrogen-bond donors (Lipinski definition) is 2. The number of aromatic nitrogens is 3. The van der Waals surface area contributed by atoms with E-state index in [4.69, 9.17) is 9.73 Å². The molecule has 1 aliphatic rings. The fourth-order valence-electron chi connectivity index (χ4n) is 3.33. The zero-order chi connectivity index (χ0) is 19.3. The quantitative estimate of drug-likeness (QED) is 0.432. The van der Waals surface area contributed by atoms with Gasteiger partial charge in [0.15, 0.2) is 5.96 Å². The van der Waals surface area contributed by atoms with Crippen LogP contribution in [0.1, 0.15) is 58.7 Å². The summed E-state index contributed by atoms with van der Waals surface area (Å²) in [5, 5.41) is 15.2. The minimum Gasteiger partial charge on any atom is -0.381 e. The summed E-state index contributed by atoms with van der Waals surface area (Å²) in [6.07, 6.45) is 8.83. The number of aliphatic imine (C=N–C) groups is 1. The Kier molecular flexibility index (Phi) is 10.2. The van der Waals surface area contributed by atoms with Crippen LogP contribution in [-0.2, 0) is 17.7 Å². The number of unbranched alkanes of at least 4 members (excludes halogenated alkanes) is 1. The van der Waals surface area contributed by atoms with Gasteiger partial charge in [0.25, 0.3) is 0 Å². The van der Waals surface area contributed by atoms with Crippen molar-refractivity contribution < 1.29 is 4.74 Å². The van der Waals surface area contributed by atoms with Gasteiger partial charge in [-0.25, -0.2) is 0 Å². The molecule has 0 radical (unpaired) electrons. The second-order valence-electron chi connectivity index (χ2n) is 7.44. The summed E-state index contributed by atoms with van der Waals surface area (Å²) < 4.78 is 7.59. The molecule has 7 heteroatoms. The molecule has 0 spiro atoms. The first-order valence-corrected chi connectivity index (χ1v) is 10.7. The smallest absolute Gasteiger partial charge is 0.191 e. The van der Waals surface area contributed by atoms with E-state index in [2.05, 4.69) is 46.2 Å². The normalized spacial score (nSPS) is 18.6. The average Bonchev–Trinajstić information content (AvgIpc) is 3.37. The molecule has 1 aromatic rings. The highest BCUT2D eigenvalue weighted by atomic mass is 16.5. The first-order valence-electron chi connectivity index (χ1n) is 10.7. The summed E-state index contributed by atoms with van der Waals surface area (Å²) in [6.45, 7) is 11.8. The molecule has 1 fully saturated rings. The van der Waals surface area contributed by atoms with Gasteiger partial charge in [-0.3, -0.25) is 4.99 Å². The van der Waals surface area contributed by atoms with Crippen molar-refractivity contribution in [3.05, 3.63) is 12.2 Å². The molecular weight excluding hydrogens is 340 g/mol. The van der Waals surface area contributed by atoms with Crippen molar-refractivity contribution in [1.82, 2.24) is 25.4 Å². The molecule has 0 amide bonds. The van der Waals surface area contributed by atoms with E-state index in [1.165, 1.54) is 25.7 Å². The molecule has 2 atom stereocenters. The van der Waals surface area contributed by atoms with Crippen LogP contribution in [0.25, 0.3) is 0 Å². The third-order valence-electron chi connectivity index (χ3n) is 5.29. The molecule has 1 aliphatic heterocycles. The molecule has 1 saturated heterocycles. The standard InChI is InChI=1S/C20H38N6O/c1-4-7-8-17(5-2)13-22-20(23-14-18-9-12-27-15-18)21-10-11-26-16-24-25-19(26)6-3/h16-18H,4-15H2,1-3H3,(H2,21,22,23). The Bertz CT molecular complexity index is 538. The zero-order valence-electron chi connectivity index (χ0n) is 17.4. The van der Waals surface area contributed by atoms with Crippen LogP contribution in [0.15, 0.2) is 11.3 Å². The molecule has 0 saturated carbocycles. The van der Waals surface area contributed by atoms with Crippen LogP contribution < -0.4 is 10.6 Å². The van der Waals surface area contributed by atoms with E-state index < -0.39 is 0 Å². The van der Waals surface area contributed by atoms with Crippen molar-refractivity contribution in [1.29, 1.82) is 0 Å². The molecule has 0 aliphatic carbocycles. The Morgan fingerprint density at radius 1 is 1.37 bits per heavy atom. The van der Waals surface area contributed by atoms with Crippen molar-refractivity contribution in [3.8, 4) is 0 Å². The number of rotatable bonds is 12. The van der Waals surface area contributed by atoms with Gasteiger partial charge in [-0.15, -0.1) is 10.2 Å². The summed E-state index contributed by atoms with van der Waals surface area (Å²) in [6, 6.07) is 0. The summed E-state index contributed by atoms with van der Waals surface area (Å²) in [4.78, 5) is 4.88. The molecule has 7 nitrogen and oxygen atoms in total. The highest BCUT2D eigenvalue weighted by molar-refractivity contribution is 5.79. The molecule has 2 rings (SSSR count). The molecule has 154 valence electrons. The molecule has 0 aromatic carbocycles. The predicted molar refractivity (Wildman–Crippen MR) is 110 cm³/mol. The van der Waals surface area contributed by atoms with Crippen molar-refractivity contribution in [2.75, 3.05) is 32.8 Å². The number of ether oxygens (including phenoxy) is 1. The number of nitrogens with zero attached hydrogens (tertiary/aromatic N) is 4. The van der Waals surface area contributed by atoms with Crippen molar-refractivity contribution in [2.45, 2.75) is 65.8 Å². The molecule has 1 aromatic heterocycles. The van der Waals surface area contributed by atoms with Crippen LogP contribution in [0.4, 0.5) is 0 Å². The van der Waals surface area contributed by atoms with Crippen LogP contribution >= 0.6 is 0 Å². The predicted octanol–water partition coefficient (Wildman–Crippen LogP) is 2.63. The summed E-state index contributed by atoms with van der Waals surface area (Å²) in [5.41, 5.74) is 0. The van der Waals surface area contributed by atoms with E-state index in [-0.39, 0.29) is 0 Å². The molecule has 0 bridgehead atoms. The lowest BCUT2D eigenvalue weighted by atomic mass is 10.00. The number of guanidine groups is 1. The third kappa shape index (κ3) is 7.87. The lowest BCUT2D eigenvalue weighted by molar-refractivity contribution is 0.186. The number of aryl methyl sites for hydroxylation is 1. The molecule has 2 heterocycles. The second kappa shape index (κ2) is 12.7. The molecule has 2 unspecified atom stereocenters. The summed E-state index contributed by atoms with van der Waals surface area (Å²) >= 11 is 0. The van der Waals surface area contributed by atoms with Gasteiger partial charge in [0.2, 0.25) is 0 Å². The van der Waals surface area contributed by atoms with Gasteiger partial charge in [0.05, 0.1) is 6.61 Å². The minimum atomic E-state index is 0.587. The molecular formula is C20H38N6O. The van der Waals surface area contributed by atoms with E-state index in [1.807, 2.05) is 0 Å². The molecule has 2 N–H and O–H groups in total. The Hall–Kier alpha value is -1.63. The van der Waals surface area contributed by atoms with Gasteiger partial charge in [-0.05, 0) is 18.8 Å². The fraction of sp³-hybridized carbons (Fsp3) is 0.850. The maximum Gasteiger partial charge on any atom is 0.191 e. The number of nitrogens with one attached hydrogen (secondary N) is 2. The second-order valence-corrected chi connectivity index (χ2v) is 7.44. The zero-order valence-corrected chi connectivity index (χ0v) is 17.4. The monoisotopic (exact) mass is 378 g/mol. The summed E-state index contributed by atoms with van der Waals surface area (Å²) in [7, 11) is 0. The largest absolute Gasteiger partial charge is 0.381 e. The van der Waals surface area contributed by atoms with E-state index in [1.54, 1.807) is 6.33 Å². The highest BCUT2D eigenvalue weighted by Gasteiger charge is 2.16. The lowest BCUT2D eigenvalue weighted by Crippen LogP contribution is -2.41. The highest BCUT2D eigenvalue weighted by Crippen LogP contribution is 2.13. The van der Waals surface area contributed by atoms with E-state index in [0.717, 1.165) is 64.0 Å². The maximum atomic E-state index is 5.49. The van der Waals surface area contributed by atoms with Crippen LogP contribution in [0, 0.1) is 11.8 Å². The van der Waals surface area contributed by atoms with E-state index in [0.29, 0.717) is 11.8 Å². The topological polar surface area (TPSA) is 76.4 Å². The van der Waals surface area contributed by atoms with Crippen LogP contribution in [-0.4, -0.2) is 53.6 Å². The van der Waals surface area contributed by atoms with E-state index >= 15 is 0 Å². The van der Waals surface area contributed by atoms with E-state index in [9.17, 15) is 0 Å². The van der Waals surface area contributed by atoms with Crippen molar-refractivity contribution in [3.63, 3.8) is 0 Å². The Labute approximate surface area is 164 Å². The lowest BCUT2D eigenvalue weighted by Gasteiger charge is -2.17. The van der Waals surface area contributed by atoms with Crippen molar-refractivity contribution in [2.24, 2.45) is 16.8 Å². The first-order chi connectivity index (χ1) is 13.3. The Balaban J connectivity index is 1.85. The average molecular weight is 379 g/mol. The van der Waals surface area contributed by atoms with Crippen LogP contribution in [0.2, 0.25) is 0 Å². The SMILES string of the molecule is CCCCC(CC)CN=C(NCCn1cnnc1CC)NCC1CCOC1. The molecule has 27 heavy (non-hydrogen) atoms. The van der Waals surface area contributed by atoms with Gasteiger partial charge in [-0.1, -0.05) is 40.0 Å². The van der Waals surface area contributed by atoms with Crippen molar-refractivity contribution >= 4 is 5.96 Å². The van der Waals surface area contributed by atoms with Crippen LogP contribution in [0.3, 0.4) is 0 Å². The fourth-order valence-corrected chi connectivity index (χ4v) is 3.33. The Morgan fingerprint density at radius 3 is 2.96 bits per heavy atom. The minimum absolute atomic E-state index is 0.587. The van der Waals surface area contributed by atoms with Gasteiger partial charge in [0, 0.05) is 45.1 Å². The van der Waals surface area contributed by atoms with Gasteiger partial charge >= 0.3 is 0 Å². The first kappa shape index (κ1) is 21.7. The van der Waals surface area contributed by atoms with Gasteiger partial charge in [-0.2, -0.15) is 0 Å². The van der Waals surface area contributed by atoms with Gasteiger partial charge < -0.3 is 19.9 Å². The maximum absolute atomic E-state index is 5.49. The summed E-state index contributed by atoms with van der Waals surface area (Å²) in [5.74, 6) is 3.20. The van der Waals surface area contributed by atoms with Crippen LogP contribution in [0.5, 0.6) is 0 Å². The third-order valence-corrected chi connectivity index (χ3v) is 5.29. The Morgan fingerprint density at radius 2 is 2.26 bits per heavy atom. The number of hydrogen-bond acceptors (Lipinski definition) is 4. The van der Waals surface area contributed by atoms with Gasteiger partial charge in [0.1, 0.15) is 12.2 Å².